The fourth-order valence-electron chi connectivity index (χ4n) is 4.41. The van der Waals surface area contributed by atoms with E-state index < -0.39 is 17.5 Å². The number of benzene rings is 4. The summed E-state index contributed by atoms with van der Waals surface area (Å²) in [5.74, 6) is -1.49. The molecule has 0 saturated carbocycles. The van der Waals surface area contributed by atoms with Crippen LogP contribution in [-0.2, 0) is 12.8 Å². The number of allylic oxidation sites excluding steroid dienone is 2. The van der Waals surface area contributed by atoms with Crippen molar-refractivity contribution in [1.29, 1.82) is 0 Å². The molecule has 0 aliphatic carbocycles. The molecule has 4 rings (SSSR count). The molecule has 4 aromatic carbocycles. The summed E-state index contributed by atoms with van der Waals surface area (Å²) >= 11 is 0. The summed E-state index contributed by atoms with van der Waals surface area (Å²) in [6.07, 6.45) is 6.01. The van der Waals surface area contributed by atoms with Gasteiger partial charge in [-0.05, 0) is 83.7 Å². The average Bonchev–Trinajstić information content (AvgIpc) is 2.86. The van der Waals surface area contributed by atoms with E-state index in [9.17, 15) is 4.39 Å². The first-order valence-electron chi connectivity index (χ1n) is 12.0. The predicted molar refractivity (Wildman–Crippen MR) is 139 cm³/mol. The lowest BCUT2D eigenvalue weighted by Crippen LogP contribution is -1.98. The summed E-state index contributed by atoms with van der Waals surface area (Å²) in [6.45, 7) is 4.10. The minimum atomic E-state index is -0.706. The van der Waals surface area contributed by atoms with E-state index in [0.29, 0.717) is 29.9 Å². The zero-order valence-electron chi connectivity index (χ0n) is 20.1. The molecule has 0 spiro atoms. The maximum absolute atomic E-state index is 15.0. The van der Waals surface area contributed by atoms with Gasteiger partial charge in [0.1, 0.15) is 17.5 Å². The number of rotatable bonds is 8. The van der Waals surface area contributed by atoms with Gasteiger partial charge in [-0.3, -0.25) is 0 Å². The van der Waals surface area contributed by atoms with Crippen LogP contribution in [0.1, 0.15) is 42.9 Å². The topological polar surface area (TPSA) is 0 Å². The normalized spacial score (nSPS) is 12.3. The van der Waals surface area contributed by atoms with Crippen molar-refractivity contribution >= 4 is 0 Å². The van der Waals surface area contributed by atoms with Crippen LogP contribution < -0.4 is 0 Å². The Morgan fingerprint density at radius 1 is 0.714 bits per heavy atom. The highest BCUT2D eigenvalue weighted by atomic mass is 19.1. The summed E-state index contributed by atoms with van der Waals surface area (Å²) in [6, 6.07) is 25.1. The van der Waals surface area contributed by atoms with Crippen LogP contribution in [0.15, 0.2) is 97.1 Å². The van der Waals surface area contributed by atoms with E-state index in [1.54, 1.807) is 12.1 Å². The smallest absolute Gasteiger partial charge is 0.134 e. The molecule has 0 aliphatic rings. The Labute approximate surface area is 205 Å². The molecular weight excluding hydrogens is 441 g/mol. The monoisotopic (exact) mass is 470 g/mol. The number of hydrogen-bond acceptors (Lipinski definition) is 0. The highest BCUT2D eigenvalue weighted by molar-refractivity contribution is 5.72. The Morgan fingerprint density at radius 2 is 1.34 bits per heavy atom. The van der Waals surface area contributed by atoms with Crippen molar-refractivity contribution in [1.82, 2.24) is 0 Å². The Hall–Kier alpha value is -3.59. The van der Waals surface area contributed by atoms with Gasteiger partial charge in [0.15, 0.2) is 0 Å². The molecule has 0 unspecified atom stereocenters. The number of hydrogen-bond donors (Lipinski definition) is 0. The third-order valence-corrected chi connectivity index (χ3v) is 6.40. The molecule has 0 aliphatic heterocycles. The SMILES string of the molecule is C/C=C/CCc1ccc(-c2c(F)cc(-c3ccc(C[C@H](C)c4ccccc4)cc3)cc2F)cc1F. The van der Waals surface area contributed by atoms with Gasteiger partial charge in [-0.1, -0.05) is 85.8 Å². The van der Waals surface area contributed by atoms with Crippen molar-refractivity contribution < 1.29 is 13.2 Å². The third-order valence-electron chi connectivity index (χ3n) is 6.40. The second-order valence-corrected chi connectivity index (χ2v) is 8.94. The van der Waals surface area contributed by atoms with Crippen LogP contribution in [0.2, 0.25) is 0 Å². The molecule has 0 fully saturated rings. The number of aryl methyl sites for hydroxylation is 1. The fourth-order valence-corrected chi connectivity index (χ4v) is 4.41. The van der Waals surface area contributed by atoms with Crippen LogP contribution in [0.4, 0.5) is 13.2 Å². The quantitative estimate of drug-likeness (QED) is 0.225. The highest BCUT2D eigenvalue weighted by Crippen LogP contribution is 2.32. The Bertz CT molecular complexity index is 1280. The van der Waals surface area contributed by atoms with Gasteiger partial charge >= 0.3 is 0 Å². The average molecular weight is 471 g/mol. The fraction of sp³-hybridized carbons (Fsp3) is 0.188. The van der Waals surface area contributed by atoms with Crippen LogP contribution >= 0.6 is 0 Å². The molecule has 0 radical (unpaired) electrons. The molecule has 178 valence electrons. The van der Waals surface area contributed by atoms with Gasteiger partial charge in [0.25, 0.3) is 0 Å². The zero-order valence-corrected chi connectivity index (χ0v) is 20.1. The lowest BCUT2D eigenvalue weighted by atomic mass is 9.92. The number of halogens is 3. The Kier molecular flexibility index (Phi) is 7.87. The molecule has 0 heterocycles. The van der Waals surface area contributed by atoms with E-state index in [1.807, 2.05) is 61.5 Å². The maximum Gasteiger partial charge on any atom is 0.134 e. The van der Waals surface area contributed by atoms with Crippen molar-refractivity contribution in [3.8, 4) is 22.3 Å². The van der Waals surface area contributed by atoms with Gasteiger partial charge in [-0.25, -0.2) is 13.2 Å². The van der Waals surface area contributed by atoms with Gasteiger partial charge in [0.05, 0.1) is 5.56 Å². The van der Waals surface area contributed by atoms with E-state index >= 15 is 8.78 Å². The van der Waals surface area contributed by atoms with Gasteiger partial charge in [-0.2, -0.15) is 0 Å². The Morgan fingerprint density at radius 3 is 1.97 bits per heavy atom. The summed E-state index contributed by atoms with van der Waals surface area (Å²) in [5, 5.41) is 0. The third kappa shape index (κ3) is 5.92. The zero-order chi connectivity index (χ0) is 24.8. The molecule has 1 atom stereocenters. The van der Waals surface area contributed by atoms with Crippen LogP contribution in [-0.4, -0.2) is 0 Å². The summed E-state index contributed by atoms with van der Waals surface area (Å²) in [5.41, 5.74) is 4.15. The highest BCUT2D eigenvalue weighted by Gasteiger charge is 2.16. The molecule has 0 nitrogen and oxygen atoms in total. The molecule has 35 heavy (non-hydrogen) atoms. The lowest BCUT2D eigenvalue weighted by molar-refractivity contribution is 0.588. The van der Waals surface area contributed by atoms with Crippen LogP contribution in [0, 0.1) is 17.5 Å². The van der Waals surface area contributed by atoms with Crippen LogP contribution in [0.5, 0.6) is 0 Å². The second kappa shape index (κ2) is 11.2. The van der Waals surface area contributed by atoms with E-state index in [0.717, 1.165) is 17.5 Å². The summed E-state index contributed by atoms with van der Waals surface area (Å²) in [7, 11) is 0. The van der Waals surface area contributed by atoms with Crippen molar-refractivity contribution in [2.75, 3.05) is 0 Å². The molecule has 0 N–H and O–H groups in total. The second-order valence-electron chi connectivity index (χ2n) is 8.94. The van der Waals surface area contributed by atoms with Gasteiger partial charge in [0.2, 0.25) is 0 Å². The molecule has 0 bridgehead atoms. The van der Waals surface area contributed by atoms with Crippen LogP contribution in [0.25, 0.3) is 22.3 Å². The van der Waals surface area contributed by atoms with Gasteiger partial charge in [-0.15, -0.1) is 0 Å². The van der Waals surface area contributed by atoms with Crippen molar-refractivity contribution in [3.63, 3.8) is 0 Å². The van der Waals surface area contributed by atoms with E-state index in [1.165, 1.54) is 23.8 Å². The van der Waals surface area contributed by atoms with Crippen molar-refractivity contribution in [2.24, 2.45) is 0 Å². The molecule has 0 aromatic heterocycles. The Balaban J connectivity index is 1.53. The van der Waals surface area contributed by atoms with Gasteiger partial charge in [0, 0.05) is 0 Å². The minimum Gasteiger partial charge on any atom is -0.207 e. The molecule has 0 amide bonds. The first-order chi connectivity index (χ1) is 17.0. The van der Waals surface area contributed by atoms with Gasteiger partial charge < -0.3 is 0 Å². The standard InChI is InChI=1S/C32H29F3/c1-3-4-6-11-26-16-17-27(19-29(26)33)32-30(34)20-28(21-31(32)35)25-14-12-23(13-15-25)18-22(2)24-9-7-5-8-10-24/h3-5,7-10,12-17,19-22H,6,11,18H2,1-2H3/b4-3+/t22-/m0/s1. The molecule has 0 saturated heterocycles. The van der Waals surface area contributed by atoms with Crippen molar-refractivity contribution in [2.45, 2.75) is 39.0 Å². The summed E-state index contributed by atoms with van der Waals surface area (Å²) in [4.78, 5) is 0. The van der Waals surface area contributed by atoms with Crippen molar-refractivity contribution in [3.05, 3.63) is 131 Å². The lowest BCUT2D eigenvalue weighted by Gasteiger charge is -2.13. The molecule has 4 aromatic rings. The maximum atomic E-state index is 15.0. The molecule has 3 heteroatoms. The summed E-state index contributed by atoms with van der Waals surface area (Å²) < 4.78 is 44.6. The predicted octanol–water partition coefficient (Wildman–Crippen LogP) is 9.29. The van der Waals surface area contributed by atoms with E-state index in [4.69, 9.17) is 0 Å². The largest absolute Gasteiger partial charge is 0.207 e. The first kappa shape index (κ1) is 24.5. The van der Waals surface area contributed by atoms with E-state index in [2.05, 4.69) is 19.1 Å². The minimum absolute atomic E-state index is 0.198. The molecular formula is C32H29F3. The first-order valence-corrected chi connectivity index (χ1v) is 12.0. The van der Waals surface area contributed by atoms with Crippen LogP contribution in [0.3, 0.4) is 0 Å². The van der Waals surface area contributed by atoms with E-state index in [-0.39, 0.29) is 11.1 Å².